The van der Waals surface area contributed by atoms with Crippen molar-refractivity contribution >= 4 is 34.6 Å². The first-order chi connectivity index (χ1) is 12.5. The van der Waals surface area contributed by atoms with Crippen LogP contribution in [-0.4, -0.2) is 25.3 Å². The summed E-state index contributed by atoms with van der Waals surface area (Å²) in [6, 6.07) is 11.5. The molecule has 5 nitrogen and oxygen atoms in total. The van der Waals surface area contributed by atoms with Gasteiger partial charge in [0.25, 0.3) is 5.91 Å². The second kappa shape index (κ2) is 7.66. The number of nitrogens with one attached hydrogen (secondary N) is 1. The summed E-state index contributed by atoms with van der Waals surface area (Å²) in [5.41, 5.74) is 3.90. The van der Waals surface area contributed by atoms with Gasteiger partial charge in [-0.3, -0.25) is 4.79 Å². The summed E-state index contributed by atoms with van der Waals surface area (Å²) in [5.74, 6) is 1.17. The van der Waals surface area contributed by atoms with Gasteiger partial charge in [0.15, 0.2) is 5.17 Å². The number of hydrogen-bond acceptors (Lipinski definition) is 5. The van der Waals surface area contributed by atoms with Crippen LogP contribution < -0.4 is 14.8 Å². The molecular weight excluding hydrogens is 348 g/mol. The van der Waals surface area contributed by atoms with Gasteiger partial charge in [0.2, 0.25) is 0 Å². The SMILES string of the molecule is COc1ccc(/C=C2\SC(=Nc3cc(C)cc(C)c3)NC2=O)c(OC)c1. The maximum absolute atomic E-state index is 12.3. The summed E-state index contributed by atoms with van der Waals surface area (Å²) < 4.78 is 10.6. The summed E-state index contributed by atoms with van der Waals surface area (Å²) in [7, 11) is 3.19. The number of carbonyl (C=O) groups is 1. The summed E-state index contributed by atoms with van der Waals surface area (Å²) in [5, 5.41) is 3.38. The monoisotopic (exact) mass is 368 g/mol. The molecule has 1 saturated heterocycles. The van der Waals surface area contributed by atoms with Crippen LogP contribution >= 0.6 is 11.8 Å². The average molecular weight is 368 g/mol. The molecule has 0 saturated carbocycles. The van der Waals surface area contributed by atoms with Gasteiger partial charge >= 0.3 is 0 Å². The quantitative estimate of drug-likeness (QED) is 0.821. The number of nitrogens with zero attached hydrogens (tertiary/aromatic N) is 1. The van der Waals surface area contributed by atoms with E-state index in [-0.39, 0.29) is 5.91 Å². The van der Waals surface area contributed by atoms with Crippen LogP contribution in [-0.2, 0) is 4.79 Å². The van der Waals surface area contributed by atoms with Gasteiger partial charge in [-0.15, -0.1) is 0 Å². The highest BCUT2D eigenvalue weighted by atomic mass is 32.2. The number of aliphatic imine (C=N–C) groups is 1. The van der Waals surface area contributed by atoms with E-state index in [2.05, 4.69) is 16.4 Å². The van der Waals surface area contributed by atoms with E-state index in [1.54, 1.807) is 26.4 Å². The Hall–Kier alpha value is -2.73. The predicted octanol–water partition coefficient (Wildman–Crippen LogP) is 4.21. The third-order valence-electron chi connectivity index (χ3n) is 3.82. The number of hydrogen-bond donors (Lipinski definition) is 1. The molecule has 0 aliphatic carbocycles. The highest BCUT2D eigenvalue weighted by Crippen LogP contribution is 2.32. The zero-order valence-corrected chi connectivity index (χ0v) is 15.9. The van der Waals surface area contributed by atoms with Crippen molar-refractivity contribution < 1.29 is 14.3 Å². The van der Waals surface area contributed by atoms with Crippen molar-refractivity contribution in [2.75, 3.05) is 14.2 Å². The first-order valence-electron chi connectivity index (χ1n) is 8.08. The second-order valence-electron chi connectivity index (χ2n) is 5.94. The molecule has 0 bridgehead atoms. The molecule has 0 aromatic heterocycles. The molecular formula is C20H20N2O3S. The first kappa shape index (κ1) is 18.1. The lowest BCUT2D eigenvalue weighted by atomic mass is 10.1. The maximum atomic E-state index is 12.3. The minimum Gasteiger partial charge on any atom is -0.497 e. The van der Waals surface area contributed by atoms with Crippen LogP contribution in [0.5, 0.6) is 11.5 Å². The number of rotatable bonds is 4. The van der Waals surface area contributed by atoms with E-state index < -0.39 is 0 Å². The van der Waals surface area contributed by atoms with E-state index in [0.29, 0.717) is 21.6 Å². The maximum Gasteiger partial charge on any atom is 0.264 e. The minimum atomic E-state index is -0.170. The van der Waals surface area contributed by atoms with Gasteiger partial charge in [0.1, 0.15) is 11.5 Å². The Morgan fingerprint density at radius 1 is 1.04 bits per heavy atom. The second-order valence-corrected chi connectivity index (χ2v) is 6.97. The largest absolute Gasteiger partial charge is 0.497 e. The molecule has 1 N–H and O–H groups in total. The first-order valence-corrected chi connectivity index (χ1v) is 8.90. The molecule has 1 fully saturated rings. The van der Waals surface area contributed by atoms with E-state index in [1.807, 2.05) is 38.1 Å². The predicted molar refractivity (Wildman–Crippen MR) is 106 cm³/mol. The molecule has 0 radical (unpaired) electrons. The van der Waals surface area contributed by atoms with Crippen LogP contribution in [0.3, 0.4) is 0 Å². The van der Waals surface area contributed by atoms with Crippen molar-refractivity contribution in [3.8, 4) is 11.5 Å². The van der Waals surface area contributed by atoms with E-state index in [4.69, 9.17) is 9.47 Å². The number of ether oxygens (including phenoxy) is 2. The molecule has 0 unspecified atom stereocenters. The Bertz CT molecular complexity index is 899. The molecule has 1 heterocycles. The van der Waals surface area contributed by atoms with Crippen molar-refractivity contribution in [3.05, 3.63) is 58.0 Å². The van der Waals surface area contributed by atoms with Crippen LogP contribution in [0.2, 0.25) is 0 Å². The molecule has 134 valence electrons. The van der Waals surface area contributed by atoms with Crippen molar-refractivity contribution in [2.45, 2.75) is 13.8 Å². The smallest absolute Gasteiger partial charge is 0.264 e. The number of aryl methyl sites for hydroxylation is 2. The molecule has 2 aromatic rings. The Balaban J connectivity index is 1.88. The number of carbonyl (C=O) groups excluding carboxylic acids is 1. The van der Waals surface area contributed by atoms with Crippen molar-refractivity contribution in [1.82, 2.24) is 5.32 Å². The Morgan fingerprint density at radius 3 is 2.42 bits per heavy atom. The zero-order chi connectivity index (χ0) is 18.7. The Kier molecular flexibility index (Phi) is 5.32. The highest BCUT2D eigenvalue weighted by Gasteiger charge is 2.24. The van der Waals surface area contributed by atoms with Gasteiger partial charge in [-0.1, -0.05) is 6.07 Å². The third-order valence-corrected chi connectivity index (χ3v) is 4.73. The molecule has 1 amide bonds. The Morgan fingerprint density at radius 2 is 1.77 bits per heavy atom. The third kappa shape index (κ3) is 4.08. The van der Waals surface area contributed by atoms with Gasteiger partial charge < -0.3 is 14.8 Å². The summed E-state index contributed by atoms with van der Waals surface area (Å²) >= 11 is 1.31. The Labute approximate surface area is 157 Å². The summed E-state index contributed by atoms with van der Waals surface area (Å²) in [4.78, 5) is 17.4. The van der Waals surface area contributed by atoms with Gasteiger partial charge in [0.05, 0.1) is 24.8 Å². The zero-order valence-electron chi connectivity index (χ0n) is 15.1. The molecule has 26 heavy (non-hydrogen) atoms. The molecule has 3 rings (SSSR count). The van der Waals surface area contributed by atoms with Crippen molar-refractivity contribution in [1.29, 1.82) is 0 Å². The minimum absolute atomic E-state index is 0.170. The highest BCUT2D eigenvalue weighted by molar-refractivity contribution is 8.18. The number of thioether (sulfide) groups is 1. The van der Waals surface area contributed by atoms with E-state index in [0.717, 1.165) is 22.4 Å². The number of benzene rings is 2. The fourth-order valence-electron chi connectivity index (χ4n) is 2.69. The molecule has 6 heteroatoms. The fourth-order valence-corrected chi connectivity index (χ4v) is 3.52. The van der Waals surface area contributed by atoms with Crippen molar-refractivity contribution in [2.24, 2.45) is 4.99 Å². The van der Waals surface area contributed by atoms with Gasteiger partial charge in [-0.05, 0) is 67.1 Å². The van der Waals surface area contributed by atoms with Crippen LogP contribution in [0.1, 0.15) is 16.7 Å². The van der Waals surface area contributed by atoms with Gasteiger partial charge in [0, 0.05) is 11.6 Å². The van der Waals surface area contributed by atoms with E-state index in [9.17, 15) is 4.79 Å². The van der Waals surface area contributed by atoms with Gasteiger partial charge in [-0.2, -0.15) is 0 Å². The molecule has 2 aromatic carbocycles. The lowest BCUT2D eigenvalue weighted by Crippen LogP contribution is -2.19. The van der Waals surface area contributed by atoms with Crippen LogP contribution in [0.4, 0.5) is 5.69 Å². The number of amides is 1. The normalized spacial score (nSPS) is 16.8. The lowest BCUT2D eigenvalue weighted by molar-refractivity contribution is -0.115. The van der Waals surface area contributed by atoms with Crippen LogP contribution in [0.25, 0.3) is 6.08 Å². The topological polar surface area (TPSA) is 59.9 Å². The van der Waals surface area contributed by atoms with E-state index in [1.165, 1.54) is 11.8 Å². The standard InChI is InChI=1S/C20H20N2O3S/c1-12-7-13(2)9-15(8-12)21-20-22-19(23)18(26-20)10-14-5-6-16(24-3)11-17(14)25-4/h5-11H,1-4H3,(H,21,22,23)/b18-10-. The molecule has 1 aliphatic heterocycles. The fraction of sp³-hybridized carbons (Fsp3) is 0.200. The van der Waals surface area contributed by atoms with E-state index >= 15 is 0 Å². The van der Waals surface area contributed by atoms with Crippen LogP contribution in [0.15, 0.2) is 46.3 Å². The van der Waals surface area contributed by atoms with Crippen LogP contribution in [0, 0.1) is 13.8 Å². The number of methoxy groups -OCH3 is 2. The van der Waals surface area contributed by atoms with Crippen molar-refractivity contribution in [3.63, 3.8) is 0 Å². The molecule has 0 spiro atoms. The molecule has 0 atom stereocenters. The number of amidine groups is 1. The average Bonchev–Trinajstić information content (AvgIpc) is 2.93. The lowest BCUT2D eigenvalue weighted by Gasteiger charge is -2.07. The van der Waals surface area contributed by atoms with Gasteiger partial charge in [-0.25, -0.2) is 4.99 Å². The molecule has 1 aliphatic rings. The summed E-state index contributed by atoms with van der Waals surface area (Å²) in [6.45, 7) is 4.05. The summed E-state index contributed by atoms with van der Waals surface area (Å²) in [6.07, 6.45) is 1.79.